The predicted octanol–water partition coefficient (Wildman–Crippen LogP) is 3.31. The minimum absolute atomic E-state index is 0.637. The first-order valence-electron chi connectivity index (χ1n) is 7.01. The first kappa shape index (κ1) is 15.0. The number of aryl methyl sites for hydroxylation is 1. The molecule has 0 aliphatic rings. The smallest absolute Gasteiger partial charge is 0.142 e. The highest BCUT2D eigenvalue weighted by Gasteiger charge is 2.09. The topological polar surface area (TPSA) is 34.2 Å². The van der Waals surface area contributed by atoms with Crippen LogP contribution in [0, 0.1) is 12.8 Å². The first-order valence-corrected chi connectivity index (χ1v) is 7.01. The van der Waals surface area contributed by atoms with Crippen LogP contribution in [0.4, 0.5) is 0 Å². The van der Waals surface area contributed by atoms with Crippen LogP contribution in [-0.2, 0) is 6.54 Å². The molecule has 0 radical (unpaired) electrons. The summed E-state index contributed by atoms with van der Waals surface area (Å²) in [5.41, 5.74) is 2.06. The largest absolute Gasteiger partial charge is 0.491 e. The summed E-state index contributed by atoms with van der Waals surface area (Å²) in [5, 5.41) is 3.31. The molecular formula is C15H26N2O. The van der Waals surface area contributed by atoms with E-state index < -0.39 is 0 Å². The summed E-state index contributed by atoms with van der Waals surface area (Å²) in [6.07, 6.45) is 2.33. The third-order valence-corrected chi connectivity index (χ3v) is 3.24. The van der Waals surface area contributed by atoms with E-state index in [1.165, 1.54) is 12.8 Å². The van der Waals surface area contributed by atoms with Crippen LogP contribution in [0.5, 0.6) is 5.75 Å². The normalized spacial score (nSPS) is 10.9. The summed E-state index contributed by atoms with van der Waals surface area (Å²) in [7, 11) is 0. The van der Waals surface area contributed by atoms with Crippen molar-refractivity contribution < 1.29 is 4.74 Å². The van der Waals surface area contributed by atoms with Crippen molar-refractivity contribution in [1.82, 2.24) is 10.3 Å². The molecule has 0 saturated heterocycles. The number of hydrogen-bond acceptors (Lipinski definition) is 3. The molecule has 3 nitrogen and oxygen atoms in total. The Labute approximate surface area is 111 Å². The van der Waals surface area contributed by atoms with E-state index in [2.05, 4.69) is 31.1 Å². The zero-order chi connectivity index (χ0) is 13.4. The summed E-state index contributed by atoms with van der Waals surface area (Å²) in [6, 6.07) is 4.05. The van der Waals surface area contributed by atoms with Crippen LogP contribution in [0.15, 0.2) is 12.1 Å². The van der Waals surface area contributed by atoms with Gasteiger partial charge in [0.05, 0.1) is 12.3 Å². The van der Waals surface area contributed by atoms with Gasteiger partial charge in [-0.25, -0.2) is 0 Å². The molecule has 0 aliphatic carbocycles. The fourth-order valence-electron chi connectivity index (χ4n) is 1.83. The minimum Gasteiger partial charge on any atom is -0.491 e. The van der Waals surface area contributed by atoms with Crippen molar-refractivity contribution in [2.24, 2.45) is 5.92 Å². The van der Waals surface area contributed by atoms with E-state index >= 15 is 0 Å². The highest BCUT2D eigenvalue weighted by molar-refractivity contribution is 5.29. The maximum atomic E-state index is 5.93. The second-order valence-electron chi connectivity index (χ2n) is 4.67. The molecule has 0 aromatic carbocycles. The number of aromatic nitrogens is 1. The van der Waals surface area contributed by atoms with Crippen LogP contribution in [0.25, 0.3) is 0 Å². The van der Waals surface area contributed by atoms with Gasteiger partial charge in [-0.1, -0.05) is 33.6 Å². The lowest BCUT2D eigenvalue weighted by molar-refractivity contribution is 0.237. The SMILES string of the molecule is CCNCc1nc(C)ccc1OCC(CC)CC. The molecule has 102 valence electrons. The average molecular weight is 250 g/mol. The Morgan fingerprint density at radius 2 is 1.94 bits per heavy atom. The van der Waals surface area contributed by atoms with E-state index in [1.54, 1.807) is 0 Å². The van der Waals surface area contributed by atoms with Gasteiger partial charge in [0.15, 0.2) is 0 Å². The highest BCUT2D eigenvalue weighted by Crippen LogP contribution is 2.19. The van der Waals surface area contributed by atoms with Gasteiger partial charge in [0.2, 0.25) is 0 Å². The molecule has 1 aromatic heterocycles. The summed E-state index contributed by atoms with van der Waals surface area (Å²) < 4.78 is 5.93. The van der Waals surface area contributed by atoms with Crippen LogP contribution >= 0.6 is 0 Å². The van der Waals surface area contributed by atoms with Gasteiger partial charge in [-0.3, -0.25) is 4.98 Å². The third kappa shape index (κ3) is 4.65. The van der Waals surface area contributed by atoms with Gasteiger partial charge >= 0.3 is 0 Å². The number of nitrogens with zero attached hydrogens (tertiary/aromatic N) is 1. The van der Waals surface area contributed by atoms with Crippen molar-refractivity contribution in [3.63, 3.8) is 0 Å². The number of ether oxygens (including phenoxy) is 1. The zero-order valence-corrected chi connectivity index (χ0v) is 12.1. The van der Waals surface area contributed by atoms with Crippen LogP contribution in [0.1, 0.15) is 45.0 Å². The van der Waals surface area contributed by atoms with Crippen molar-refractivity contribution in [3.8, 4) is 5.75 Å². The minimum atomic E-state index is 0.637. The lowest BCUT2D eigenvalue weighted by atomic mass is 10.1. The summed E-state index contributed by atoms with van der Waals surface area (Å²) >= 11 is 0. The molecule has 0 amide bonds. The van der Waals surface area contributed by atoms with Gasteiger partial charge < -0.3 is 10.1 Å². The predicted molar refractivity (Wildman–Crippen MR) is 75.9 cm³/mol. The quantitative estimate of drug-likeness (QED) is 0.768. The first-order chi connectivity index (χ1) is 8.71. The Balaban J connectivity index is 2.68. The van der Waals surface area contributed by atoms with Crippen molar-refractivity contribution in [3.05, 3.63) is 23.5 Å². The van der Waals surface area contributed by atoms with E-state index in [1.807, 2.05) is 19.1 Å². The molecule has 0 unspecified atom stereocenters. The van der Waals surface area contributed by atoms with Crippen LogP contribution in [0.3, 0.4) is 0 Å². The fourth-order valence-corrected chi connectivity index (χ4v) is 1.83. The zero-order valence-electron chi connectivity index (χ0n) is 12.1. The van der Waals surface area contributed by atoms with E-state index in [0.29, 0.717) is 5.92 Å². The van der Waals surface area contributed by atoms with Crippen molar-refractivity contribution in [1.29, 1.82) is 0 Å². The van der Waals surface area contributed by atoms with Crippen LogP contribution in [-0.4, -0.2) is 18.1 Å². The van der Waals surface area contributed by atoms with Crippen molar-refractivity contribution in [2.45, 2.75) is 47.1 Å². The molecule has 0 aliphatic heterocycles. The van der Waals surface area contributed by atoms with Crippen LogP contribution < -0.4 is 10.1 Å². The summed E-state index contributed by atoms with van der Waals surface area (Å²) in [4.78, 5) is 4.55. The molecular weight excluding hydrogens is 224 g/mol. The standard InChI is InChI=1S/C15H26N2O/c1-5-13(6-2)11-18-15-9-8-12(4)17-14(15)10-16-7-3/h8-9,13,16H,5-7,10-11H2,1-4H3. The molecule has 1 aromatic rings. The maximum Gasteiger partial charge on any atom is 0.142 e. The van der Waals surface area contributed by atoms with E-state index in [-0.39, 0.29) is 0 Å². The third-order valence-electron chi connectivity index (χ3n) is 3.24. The summed E-state index contributed by atoms with van der Waals surface area (Å²) in [6.45, 7) is 11.0. The molecule has 0 atom stereocenters. The number of pyridine rings is 1. The molecule has 3 heteroatoms. The Morgan fingerprint density at radius 1 is 1.22 bits per heavy atom. The molecule has 1 N–H and O–H groups in total. The second kappa shape index (κ2) is 8.09. The Kier molecular flexibility index (Phi) is 6.73. The highest BCUT2D eigenvalue weighted by atomic mass is 16.5. The second-order valence-corrected chi connectivity index (χ2v) is 4.67. The van der Waals surface area contributed by atoms with Gasteiger partial charge in [-0.15, -0.1) is 0 Å². The van der Waals surface area contributed by atoms with E-state index in [0.717, 1.165) is 36.8 Å². The monoisotopic (exact) mass is 250 g/mol. The number of hydrogen-bond donors (Lipinski definition) is 1. The summed E-state index contributed by atoms with van der Waals surface area (Å²) in [5.74, 6) is 1.56. The molecule has 0 bridgehead atoms. The molecule has 0 spiro atoms. The van der Waals surface area contributed by atoms with E-state index in [4.69, 9.17) is 4.74 Å². The molecule has 1 rings (SSSR count). The Hall–Kier alpha value is -1.09. The van der Waals surface area contributed by atoms with Gasteiger partial charge in [0.25, 0.3) is 0 Å². The Morgan fingerprint density at radius 3 is 2.56 bits per heavy atom. The van der Waals surface area contributed by atoms with Crippen LogP contribution in [0.2, 0.25) is 0 Å². The van der Waals surface area contributed by atoms with Gasteiger partial charge in [0.1, 0.15) is 5.75 Å². The molecule has 0 fully saturated rings. The van der Waals surface area contributed by atoms with Crippen molar-refractivity contribution >= 4 is 0 Å². The molecule has 1 heterocycles. The number of nitrogens with one attached hydrogen (secondary N) is 1. The molecule has 0 saturated carbocycles. The van der Waals surface area contributed by atoms with Gasteiger partial charge in [-0.2, -0.15) is 0 Å². The molecule has 18 heavy (non-hydrogen) atoms. The van der Waals surface area contributed by atoms with E-state index in [9.17, 15) is 0 Å². The van der Waals surface area contributed by atoms with Gasteiger partial charge in [0, 0.05) is 12.2 Å². The maximum absolute atomic E-state index is 5.93. The number of rotatable bonds is 8. The average Bonchev–Trinajstić information content (AvgIpc) is 2.39. The lowest BCUT2D eigenvalue weighted by Gasteiger charge is -2.16. The van der Waals surface area contributed by atoms with Gasteiger partial charge in [-0.05, 0) is 31.5 Å². The fraction of sp³-hybridized carbons (Fsp3) is 0.667. The Bertz CT molecular complexity index is 348. The lowest BCUT2D eigenvalue weighted by Crippen LogP contribution is -2.16. The van der Waals surface area contributed by atoms with Crippen molar-refractivity contribution in [2.75, 3.05) is 13.2 Å².